The zero-order valence-corrected chi connectivity index (χ0v) is 22.1. The number of amides is 1. The Balaban J connectivity index is 1.61. The van der Waals surface area contributed by atoms with Gasteiger partial charge in [-0.3, -0.25) is 4.79 Å². The Morgan fingerprint density at radius 3 is 2.57 bits per heavy atom. The van der Waals surface area contributed by atoms with Gasteiger partial charge in [-0.2, -0.15) is 0 Å². The predicted octanol–water partition coefficient (Wildman–Crippen LogP) is 5.24. The van der Waals surface area contributed by atoms with E-state index in [0.717, 1.165) is 26.7 Å². The highest BCUT2D eigenvalue weighted by Crippen LogP contribution is 2.47. The van der Waals surface area contributed by atoms with E-state index in [2.05, 4.69) is 34.6 Å². The van der Waals surface area contributed by atoms with Crippen molar-refractivity contribution in [2.75, 3.05) is 19.8 Å². The van der Waals surface area contributed by atoms with Crippen LogP contribution in [-0.2, 0) is 22.5 Å². The molecular formula is C30H29BrN2O4. The monoisotopic (exact) mass is 560 g/mol. The van der Waals surface area contributed by atoms with Crippen LogP contribution in [0, 0.1) is 0 Å². The standard InChI is InChI=1S/C30H29BrN2O4/c1-2-16-33-20-23-9-4-3-8-22(23)19-30(29(33)35)27(25-10-5-6-11-26(25)31)37-28(32-30)21-12-14-24(15-13-21)36-18-7-17-34/h2-6,8-15,27,34H,1,7,16-20H2/t27-,30-/m1/s1. The van der Waals surface area contributed by atoms with Crippen LogP contribution in [-0.4, -0.2) is 47.1 Å². The highest BCUT2D eigenvalue weighted by molar-refractivity contribution is 9.10. The number of ether oxygens (including phenoxy) is 2. The van der Waals surface area contributed by atoms with E-state index in [1.807, 2.05) is 65.6 Å². The number of aliphatic imine (C=N–C) groups is 1. The zero-order valence-electron chi connectivity index (χ0n) is 20.5. The second kappa shape index (κ2) is 10.9. The van der Waals surface area contributed by atoms with E-state index in [4.69, 9.17) is 19.6 Å². The molecule has 7 heteroatoms. The van der Waals surface area contributed by atoms with E-state index < -0.39 is 11.6 Å². The highest BCUT2D eigenvalue weighted by Gasteiger charge is 2.56. The third kappa shape index (κ3) is 4.93. The lowest BCUT2D eigenvalue weighted by atomic mass is 9.82. The van der Waals surface area contributed by atoms with Crippen LogP contribution in [0.2, 0.25) is 0 Å². The minimum absolute atomic E-state index is 0.0803. The predicted molar refractivity (Wildman–Crippen MR) is 147 cm³/mol. The normalized spacial score (nSPS) is 20.7. The van der Waals surface area contributed by atoms with Gasteiger partial charge >= 0.3 is 0 Å². The number of carbonyl (C=O) groups is 1. The molecule has 2 aliphatic rings. The molecule has 0 aliphatic carbocycles. The lowest BCUT2D eigenvalue weighted by Crippen LogP contribution is -2.50. The number of carbonyl (C=O) groups excluding carboxylic acids is 1. The zero-order chi connectivity index (χ0) is 25.8. The Morgan fingerprint density at radius 1 is 1.11 bits per heavy atom. The summed E-state index contributed by atoms with van der Waals surface area (Å²) in [5, 5.41) is 8.99. The second-order valence-electron chi connectivity index (χ2n) is 9.23. The van der Waals surface area contributed by atoms with E-state index in [1.165, 1.54) is 0 Å². The first kappa shape index (κ1) is 25.2. The molecule has 6 nitrogen and oxygen atoms in total. The van der Waals surface area contributed by atoms with Crippen molar-refractivity contribution in [1.82, 2.24) is 4.90 Å². The molecule has 2 atom stereocenters. The summed E-state index contributed by atoms with van der Waals surface area (Å²) >= 11 is 3.68. The fraction of sp³-hybridized carbons (Fsp3) is 0.267. The second-order valence-corrected chi connectivity index (χ2v) is 10.1. The summed E-state index contributed by atoms with van der Waals surface area (Å²) in [4.78, 5) is 21.3. The minimum atomic E-state index is -1.18. The lowest BCUT2D eigenvalue weighted by molar-refractivity contribution is -0.139. The molecule has 1 amide bonds. The number of rotatable bonds is 8. The van der Waals surface area contributed by atoms with E-state index in [0.29, 0.717) is 44.2 Å². The molecule has 5 rings (SSSR count). The largest absolute Gasteiger partial charge is 0.494 e. The fourth-order valence-electron chi connectivity index (χ4n) is 4.96. The van der Waals surface area contributed by atoms with Gasteiger partial charge in [-0.15, -0.1) is 6.58 Å². The van der Waals surface area contributed by atoms with Gasteiger partial charge in [0.25, 0.3) is 5.91 Å². The Labute approximate surface area is 225 Å². The van der Waals surface area contributed by atoms with Gasteiger partial charge in [-0.25, -0.2) is 4.99 Å². The summed E-state index contributed by atoms with van der Waals surface area (Å²) in [6, 6.07) is 23.5. The molecule has 37 heavy (non-hydrogen) atoms. The highest BCUT2D eigenvalue weighted by atomic mass is 79.9. The van der Waals surface area contributed by atoms with Gasteiger partial charge < -0.3 is 19.5 Å². The molecular weight excluding hydrogens is 532 g/mol. The maximum absolute atomic E-state index is 14.3. The number of fused-ring (bicyclic) bond motifs is 1. The van der Waals surface area contributed by atoms with Crippen LogP contribution < -0.4 is 4.74 Å². The number of benzene rings is 3. The maximum atomic E-state index is 14.3. The smallest absolute Gasteiger partial charge is 0.255 e. The summed E-state index contributed by atoms with van der Waals surface area (Å²) in [5.41, 5.74) is 2.65. The summed E-state index contributed by atoms with van der Waals surface area (Å²) in [5.74, 6) is 1.04. The van der Waals surface area contributed by atoms with Gasteiger partial charge in [-0.1, -0.05) is 64.5 Å². The van der Waals surface area contributed by atoms with Gasteiger partial charge in [0.05, 0.1) is 6.61 Å². The van der Waals surface area contributed by atoms with E-state index in [9.17, 15) is 4.79 Å². The van der Waals surface area contributed by atoms with Crippen molar-refractivity contribution >= 4 is 27.7 Å². The molecule has 0 fully saturated rings. The fourth-order valence-corrected chi connectivity index (χ4v) is 5.45. The summed E-state index contributed by atoms with van der Waals surface area (Å²) < 4.78 is 13.1. The first-order chi connectivity index (χ1) is 18.1. The Bertz CT molecular complexity index is 1320. The quantitative estimate of drug-likeness (QED) is 0.302. The molecule has 0 bridgehead atoms. The van der Waals surface area contributed by atoms with Crippen molar-refractivity contribution in [3.8, 4) is 5.75 Å². The summed E-state index contributed by atoms with van der Waals surface area (Å²) in [6.45, 7) is 5.32. The molecule has 0 aromatic heterocycles. The molecule has 1 N–H and O–H groups in total. The van der Waals surface area contributed by atoms with Crippen molar-refractivity contribution < 1.29 is 19.4 Å². The Hall–Kier alpha value is -3.42. The first-order valence-corrected chi connectivity index (χ1v) is 13.2. The number of aliphatic hydroxyl groups excluding tert-OH is 1. The summed E-state index contributed by atoms with van der Waals surface area (Å²) in [7, 11) is 0. The van der Waals surface area contributed by atoms with Gasteiger partial charge in [0.1, 0.15) is 5.75 Å². The SMILES string of the molecule is C=CCN1Cc2ccccc2C[C@]2(N=C(c3ccc(OCCCO)cc3)O[C@@H]2c2ccccc2Br)C1=O. The van der Waals surface area contributed by atoms with Crippen molar-refractivity contribution in [1.29, 1.82) is 0 Å². The number of hydrogen-bond donors (Lipinski definition) is 1. The van der Waals surface area contributed by atoms with E-state index >= 15 is 0 Å². The van der Waals surface area contributed by atoms with Gasteiger partial charge in [-0.05, 0) is 41.5 Å². The van der Waals surface area contributed by atoms with Crippen molar-refractivity contribution in [3.05, 3.63) is 112 Å². The van der Waals surface area contributed by atoms with Crippen LogP contribution in [0.15, 0.2) is 94.9 Å². The molecule has 0 unspecified atom stereocenters. The summed E-state index contributed by atoms with van der Waals surface area (Å²) in [6.07, 6.45) is 2.12. The van der Waals surface area contributed by atoms with Crippen LogP contribution in [0.1, 0.15) is 34.8 Å². The van der Waals surface area contributed by atoms with Crippen molar-refractivity contribution in [2.45, 2.75) is 31.0 Å². The average molecular weight is 561 g/mol. The number of hydrogen-bond acceptors (Lipinski definition) is 5. The topological polar surface area (TPSA) is 71.4 Å². The number of aliphatic hydroxyl groups is 1. The molecule has 1 spiro atoms. The van der Waals surface area contributed by atoms with Crippen LogP contribution in [0.25, 0.3) is 0 Å². The molecule has 0 saturated heterocycles. The van der Waals surface area contributed by atoms with E-state index in [-0.39, 0.29) is 12.5 Å². The van der Waals surface area contributed by atoms with Crippen molar-refractivity contribution in [3.63, 3.8) is 0 Å². The molecule has 2 aliphatic heterocycles. The van der Waals surface area contributed by atoms with Gasteiger partial charge in [0.2, 0.25) is 5.90 Å². The first-order valence-electron chi connectivity index (χ1n) is 12.4. The third-order valence-electron chi connectivity index (χ3n) is 6.77. The lowest BCUT2D eigenvalue weighted by Gasteiger charge is -2.33. The van der Waals surface area contributed by atoms with Crippen LogP contribution in [0.3, 0.4) is 0 Å². The molecule has 0 radical (unpaired) electrons. The third-order valence-corrected chi connectivity index (χ3v) is 7.49. The molecule has 3 aromatic carbocycles. The number of halogens is 1. The Kier molecular flexibility index (Phi) is 7.44. The minimum Gasteiger partial charge on any atom is -0.494 e. The Morgan fingerprint density at radius 2 is 1.84 bits per heavy atom. The average Bonchev–Trinajstić information content (AvgIpc) is 3.24. The molecule has 3 aromatic rings. The maximum Gasteiger partial charge on any atom is 0.255 e. The molecule has 0 saturated carbocycles. The van der Waals surface area contributed by atoms with Gasteiger partial charge in [0.15, 0.2) is 11.6 Å². The van der Waals surface area contributed by atoms with Crippen molar-refractivity contribution in [2.24, 2.45) is 4.99 Å². The van der Waals surface area contributed by atoms with Gasteiger partial charge in [0, 0.05) is 48.1 Å². The molecule has 190 valence electrons. The van der Waals surface area contributed by atoms with Crippen LogP contribution in [0.5, 0.6) is 5.75 Å². The number of nitrogens with zero attached hydrogens (tertiary/aromatic N) is 2. The van der Waals surface area contributed by atoms with Crippen LogP contribution >= 0.6 is 15.9 Å². The molecule has 2 heterocycles. The van der Waals surface area contributed by atoms with Crippen LogP contribution in [0.4, 0.5) is 0 Å². The van der Waals surface area contributed by atoms with E-state index in [1.54, 1.807) is 6.08 Å².